The number of rotatable bonds is 4. The smallest absolute Gasteiger partial charge is 0.393 e. The zero-order valence-corrected chi connectivity index (χ0v) is 21.3. The average molecular weight is 471 g/mol. The molecule has 33 heavy (non-hydrogen) atoms. The van der Waals surface area contributed by atoms with Crippen molar-refractivity contribution in [3.05, 3.63) is 11.6 Å². The summed E-state index contributed by atoms with van der Waals surface area (Å²) < 4.78 is 40.6. The third kappa shape index (κ3) is 4.21. The van der Waals surface area contributed by atoms with Gasteiger partial charge in [0.15, 0.2) is 5.60 Å². The molecule has 0 radical (unpaired) electrons. The van der Waals surface area contributed by atoms with Crippen LogP contribution in [0, 0.1) is 39.9 Å². The molecule has 4 rings (SSSR count). The molecule has 3 saturated carbocycles. The van der Waals surface area contributed by atoms with Crippen LogP contribution in [0.3, 0.4) is 0 Å². The quantitative estimate of drug-likeness (QED) is 0.419. The molecule has 0 spiro atoms. The Kier molecular flexibility index (Phi) is 6.39. The summed E-state index contributed by atoms with van der Waals surface area (Å²) in [7, 11) is 0. The van der Waals surface area contributed by atoms with E-state index in [1.54, 1.807) is 0 Å². The maximum atomic E-state index is 13.5. The minimum Gasteiger partial charge on any atom is -0.393 e. The van der Waals surface area contributed by atoms with Gasteiger partial charge in [0.05, 0.1) is 6.10 Å². The van der Waals surface area contributed by atoms with Crippen molar-refractivity contribution in [1.29, 1.82) is 0 Å². The first-order valence-electron chi connectivity index (χ1n) is 13.3. The van der Waals surface area contributed by atoms with Gasteiger partial charge in [-0.25, -0.2) is 0 Å². The molecule has 0 amide bonds. The molecule has 2 nitrogen and oxygen atoms in total. The van der Waals surface area contributed by atoms with Gasteiger partial charge in [-0.15, -0.1) is 0 Å². The molecule has 2 N–H and O–H groups in total. The van der Waals surface area contributed by atoms with Gasteiger partial charge in [-0.2, -0.15) is 13.2 Å². The molecule has 0 aromatic heterocycles. The third-order valence-corrected chi connectivity index (χ3v) is 10.9. The molecule has 4 aliphatic carbocycles. The Labute approximate surface area is 198 Å². The number of fused-ring (bicyclic) bond motifs is 5. The van der Waals surface area contributed by atoms with Crippen LogP contribution in [-0.2, 0) is 0 Å². The van der Waals surface area contributed by atoms with Crippen molar-refractivity contribution in [2.45, 2.75) is 123 Å². The molecule has 3 fully saturated rings. The Morgan fingerprint density at radius 2 is 1.73 bits per heavy atom. The Morgan fingerprint density at radius 1 is 1.03 bits per heavy atom. The second-order valence-corrected chi connectivity index (χ2v) is 13.6. The predicted octanol–water partition coefficient (Wildman–Crippen LogP) is 7.44. The van der Waals surface area contributed by atoms with E-state index in [-0.39, 0.29) is 29.8 Å². The van der Waals surface area contributed by atoms with Crippen molar-refractivity contribution < 1.29 is 23.4 Å². The van der Waals surface area contributed by atoms with Crippen LogP contribution in [0.4, 0.5) is 13.2 Å². The monoisotopic (exact) mass is 470 g/mol. The van der Waals surface area contributed by atoms with Crippen molar-refractivity contribution in [3.8, 4) is 0 Å². The van der Waals surface area contributed by atoms with Crippen LogP contribution >= 0.6 is 0 Å². The summed E-state index contributed by atoms with van der Waals surface area (Å²) in [5, 5.41) is 20.8. The number of aliphatic hydroxyl groups excluding tert-OH is 1. The molecule has 5 heteroatoms. The first-order chi connectivity index (χ1) is 15.1. The highest BCUT2D eigenvalue weighted by molar-refractivity contribution is 5.27. The molecule has 0 unspecified atom stereocenters. The van der Waals surface area contributed by atoms with Gasteiger partial charge < -0.3 is 10.2 Å². The summed E-state index contributed by atoms with van der Waals surface area (Å²) in [5.74, 6) is 2.33. The van der Waals surface area contributed by atoms with Crippen molar-refractivity contribution in [3.63, 3.8) is 0 Å². The SMILES string of the molecule is CC(C)(C)[C@@H](O)CCC[C@@H]1CC[C@H]2[C@@H]3CC=C4C[C@](O)(C(F)(F)F)CC[C@]4(C)[C@H]3CC[C@]12C. The van der Waals surface area contributed by atoms with Crippen molar-refractivity contribution in [2.24, 2.45) is 39.9 Å². The number of hydrogen-bond donors (Lipinski definition) is 2. The number of alkyl halides is 3. The van der Waals surface area contributed by atoms with Gasteiger partial charge in [0, 0.05) is 6.42 Å². The predicted molar refractivity (Wildman–Crippen MR) is 126 cm³/mol. The standard InChI is InChI=1S/C28H45F3O2/c1-24(2,3)23(32)8-6-7-18-10-12-21-20-11-9-19-17-27(33,28(29,30)31)16-15-26(19,5)22(20)13-14-25(18,21)4/h9,18,20-23,32-33H,6-8,10-17H2,1-5H3/t18-,20+,21+,22+,23+,25-,26+,27+/m1/s1. The summed E-state index contributed by atoms with van der Waals surface area (Å²) in [6.07, 6.45) is 6.01. The summed E-state index contributed by atoms with van der Waals surface area (Å²) in [4.78, 5) is 0. The van der Waals surface area contributed by atoms with E-state index in [9.17, 15) is 23.4 Å². The normalized spacial score (nSPS) is 44.5. The second-order valence-electron chi connectivity index (χ2n) is 13.6. The van der Waals surface area contributed by atoms with E-state index in [0.717, 1.165) is 37.7 Å². The first-order valence-corrected chi connectivity index (χ1v) is 13.3. The molecule has 190 valence electrons. The van der Waals surface area contributed by atoms with Gasteiger partial charge in [-0.3, -0.25) is 0 Å². The van der Waals surface area contributed by atoms with Crippen LogP contribution in [-0.4, -0.2) is 28.1 Å². The average Bonchev–Trinajstić information content (AvgIpc) is 3.03. The van der Waals surface area contributed by atoms with Crippen LogP contribution in [0.1, 0.15) is 105 Å². The van der Waals surface area contributed by atoms with E-state index in [0.29, 0.717) is 35.5 Å². The van der Waals surface area contributed by atoms with Crippen molar-refractivity contribution in [1.82, 2.24) is 0 Å². The molecule has 0 bridgehead atoms. The van der Waals surface area contributed by atoms with E-state index >= 15 is 0 Å². The lowest BCUT2D eigenvalue weighted by atomic mass is 9.46. The molecular weight excluding hydrogens is 425 g/mol. The Morgan fingerprint density at radius 3 is 2.36 bits per heavy atom. The lowest BCUT2D eigenvalue weighted by molar-refractivity contribution is -0.271. The highest BCUT2D eigenvalue weighted by Crippen LogP contribution is 2.67. The van der Waals surface area contributed by atoms with E-state index < -0.39 is 11.8 Å². The Hall–Kier alpha value is -0.550. The molecular formula is C28H45F3O2. The van der Waals surface area contributed by atoms with Crippen LogP contribution in [0.15, 0.2) is 11.6 Å². The number of allylic oxidation sites excluding steroid dienone is 1. The summed E-state index contributed by atoms with van der Waals surface area (Å²) in [5.41, 5.74) is -1.64. The zero-order valence-electron chi connectivity index (χ0n) is 21.3. The molecule has 0 aromatic rings. The fraction of sp³-hybridized carbons (Fsp3) is 0.929. The lowest BCUT2D eigenvalue weighted by Crippen LogP contribution is -2.55. The van der Waals surface area contributed by atoms with E-state index in [2.05, 4.69) is 40.7 Å². The number of halogens is 3. The van der Waals surface area contributed by atoms with Gasteiger partial charge >= 0.3 is 6.18 Å². The summed E-state index contributed by atoms with van der Waals surface area (Å²) >= 11 is 0. The molecule has 0 heterocycles. The van der Waals surface area contributed by atoms with Crippen LogP contribution in [0.5, 0.6) is 0 Å². The van der Waals surface area contributed by atoms with Gasteiger partial charge in [0.1, 0.15) is 0 Å². The molecule has 8 atom stereocenters. The molecule has 4 aliphatic rings. The summed E-state index contributed by atoms with van der Waals surface area (Å²) in [6.45, 7) is 11.0. The van der Waals surface area contributed by atoms with Crippen molar-refractivity contribution in [2.75, 3.05) is 0 Å². The topological polar surface area (TPSA) is 40.5 Å². The fourth-order valence-electron chi connectivity index (χ4n) is 8.46. The molecule has 0 saturated heterocycles. The van der Waals surface area contributed by atoms with E-state index in [1.807, 2.05) is 0 Å². The fourth-order valence-corrected chi connectivity index (χ4v) is 8.46. The highest BCUT2D eigenvalue weighted by Gasteiger charge is 2.63. The van der Waals surface area contributed by atoms with Crippen LogP contribution in [0.2, 0.25) is 0 Å². The minimum atomic E-state index is -4.56. The maximum absolute atomic E-state index is 13.5. The minimum absolute atomic E-state index is 0.0694. The van der Waals surface area contributed by atoms with Gasteiger partial charge in [0.25, 0.3) is 0 Å². The van der Waals surface area contributed by atoms with Gasteiger partial charge in [-0.05, 0) is 97.7 Å². The van der Waals surface area contributed by atoms with Crippen molar-refractivity contribution >= 4 is 0 Å². The van der Waals surface area contributed by atoms with Gasteiger partial charge in [-0.1, -0.05) is 52.7 Å². The molecule has 0 aliphatic heterocycles. The molecule has 0 aromatic carbocycles. The van der Waals surface area contributed by atoms with E-state index in [4.69, 9.17) is 0 Å². The third-order valence-electron chi connectivity index (χ3n) is 10.9. The van der Waals surface area contributed by atoms with E-state index in [1.165, 1.54) is 19.3 Å². The number of aliphatic hydroxyl groups is 2. The summed E-state index contributed by atoms with van der Waals surface area (Å²) in [6, 6.07) is 0. The van der Waals surface area contributed by atoms with Gasteiger partial charge in [0.2, 0.25) is 0 Å². The van der Waals surface area contributed by atoms with Crippen LogP contribution in [0.25, 0.3) is 0 Å². The maximum Gasteiger partial charge on any atom is 0.417 e. The Bertz CT molecular complexity index is 768. The number of hydrogen-bond acceptors (Lipinski definition) is 2. The first kappa shape index (κ1) is 25.5. The van der Waals surface area contributed by atoms with Crippen LogP contribution < -0.4 is 0 Å². The highest BCUT2D eigenvalue weighted by atomic mass is 19.4. The largest absolute Gasteiger partial charge is 0.417 e. The zero-order chi connectivity index (χ0) is 24.4. The Balaban J connectivity index is 1.46. The lowest BCUT2D eigenvalue weighted by Gasteiger charge is -2.59. The second kappa shape index (κ2) is 8.25.